The number of hydrogen-bond donors (Lipinski definition) is 0. The smallest absolute Gasteiger partial charge is 0.199 e. The van der Waals surface area contributed by atoms with Gasteiger partial charge in [-0.15, -0.1) is 0 Å². The van der Waals surface area contributed by atoms with Crippen molar-refractivity contribution in [2.24, 2.45) is 5.41 Å². The van der Waals surface area contributed by atoms with Crippen LogP contribution >= 0.6 is 0 Å². The van der Waals surface area contributed by atoms with E-state index >= 15 is 0 Å². The molecule has 1 heterocycles. The lowest BCUT2D eigenvalue weighted by molar-refractivity contribution is -0.117. The lowest BCUT2D eigenvalue weighted by Crippen LogP contribution is -2.10. The van der Waals surface area contributed by atoms with E-state index in [9.17, 15) is 13.2 Å². The maximum Gasteiger partial charge on any atom is 0.199 e. The zero-order chi connectivity index (χ0) is 18.2. The Hall–Kier alpha value is -2.47. The van der Waals surface area contributed by atoms with E-state index in [4.69, 9.17) is 4.74 Å². The molecule has 0 spiro atoms. The van der Waals surface area contributed by atoms with Gasteiger partial charge >= 0.3 is 0 Å². The molecule has 1 aliphatic rings. The summed E-state index contributed by atoms with van der Waals surface area (Å²) >= 11 is 0. The summed E-state index contributed by atoms with van der Waals surface area (Å²) in [6, 6.07) is 9.94. The molecule has 0 atom stereocenters. The van der Waals surface area contributed by atoms with Crippen LogP contribution in [0.5, 0.6) is 5.75 Å². The Morgan fingerprint density at radius 3 is 2.20 bits per heavy atom. The van der Waals surface area contributed by atoms with Gasteiger partial charge in [0.15, 0.2) is 21.4 Å². The summed E-state index contributed by atoms with van der Waals surface area (Å²) in [5, 5.41) is 0. The van der Waals surface area contributed by atoms with E-state index in [1.54, 1.807) is 48.8 Å². The number of benzene rings is 1. The molecule has 0 saturated carbocycles. The second-order valence-corrected chi connectivity index (χ2v) is 8.79. The fraction of sp³-hybridized carbons (Fsp3) is 0.263. The van der Waals surface area contributed by atoms with Crippen LogP contribution < -0.4 is 4.74 Å². The summed E-state index contributed by atoms with van der Waals surface area (Å²) in [7, 11) is -3.27. The number of rotatable bonds is 4. The number of hydrogen-bond acceptors (Lipinski definition) is 5. The molecule has 0 unspecified atom stereocenters. The first-order valence-corrected chi connectivity index (χ1v) is 9.74. The predicted octanol–water partition coefficient (Wildman–Crippen LogP) is 3.27. The van der Waals surface area contributed by atoms with Crippen LogP contribution in [0.4, 0.5) is 0 Å². The third-order valence-corrected chi connectivity index (χ3v) is 5.33. The maximum atomic E-state index is 12.5. The first-order chi connectivity index (χ1) is 11.7. The molecule has 5 nitrogen and oxygen atoms in total. The predicted molar refractivity (Wildman–Crippen MR) is 94.7 cm³/mol. The number of carbonyl (C=O) groups is 1. The molecule has 1 aromatic heterocycles. The third-order valence-electron chi connectivity index (χ3n) is 4.20. The van der Waals surface area contributed by atoms with Gasteiger partial charge in [-0.3, -0.25) is 9.78 Å². The molecule has 130 valence electrons. The number of aromatic nitrogens is 1. The average molecular weight is 357 g/mol. The van der Waals surface area contributed by atoms with Gasteiger partial charge in [-0.25, -0.2) is 8.42 Å². The van der Waals surface area contributed by atoms with Crippen LogP contribution in [-0.2, 0) is 14.6 Å². The number of carbonyl (C=O) groups excluding carboxylic acids is 1. The molecule has 0 N–H and O–H groups in total. The van der Waals surface area contributed by atoms with E-state index in [1.165, 1.54) is 6.26 Å². The van der Waals surface area contributed by atoms with Gasteiger partial charge in [0, 0.05) is 36.1 Å². The van der Waals surface area contributed by atoms with Crippen molar-refractivity contribution in [3.8, 4) is 5.75 Å². The Morgan fingerprint density at radius 1 is 1.04 bits per heavy atom. The van der Waals surface area contributed by atoms with E-state index < -0.39 is 15.3 Å². The minimum Gasteiger partial charge on any atom is -0.453 e. The zero-order valence-corrected chi connectivity index (χ0v) is 15.1. The van der Waals surface area contributed by atoms with Crippen LogP contribution in [0, 0.1) is 5.41 Å². The topological polar surface area (TPSA) is 73.3 Å². The van der Waals surface area contributed by atoms with Crippen LogP contribution in [0.3, 0.4) is 0 Å². The molecule has 25 heavy (non-hydrogen) atoms. The first-order valence-electron chi connectivity index (χ1n) is 7.85. The summed E-state index contributed by atoms with van der Waals surface area (Å²) in [5.41, 5.74) is 1.17. The zero-order valence-electron chi connectivity index (χ0n) is 14.3. The van der Waals surface area contributed by atoms with Crippen molar-refractivity contribution in [2.75, 3.05) is 6.26 Å². The highest BCUT2D eigenvalue weighted by Crippen LogP contribution is 2.46. The molecule has 3 rings (SSSR count). The van der Waals surface area contributed by atoms with Crippen molar-refractivity contribution >= 4 is 21.2 Å². The third kappa shape index (κ3) is 3.49. The van der Waals surface area contributed by atoms with Gasteiger partial charge in [0.2, 0.25) is 0 Å². The van der Waals surface area contributed by atoms with Gasteiger partial charge in [0.1, 0.15) is 5.75 Å². The van der Waals surface area contributed by atoms with Crippen LogP contribution in [0.15, 0.2) is 59.4 Å². The van der Waals surface area contributed by atoms with Gasteiger partial charge in [0.05, 0.1) is 4.90 Å². The SMILES string of the molecule is CC1(C)CC(=O)C(Oc2ccncc2)=C1c1ccc(S(C)(=O)=O)cc1. The Labute approximate surface area is 147 Å². The second-order valence-electron chi connectivity index (χ2n) is 6.77. The number of Topliss-reactive ketones (excluding diaryl/α,β-unsaturated/α-hetero) is 1. The van der Waals surface area contributed by atoms with Crippen molar-refractivity contribution in [3.05, 3.63) is 60.1 Å². The highest BCUT2D eigenvalue weighted by Gasteiger charge is 2.40. The Balaban J connectivity index is 2.09. The van der Waals surface area contributed by atoms with E-state index in [2.05, 4.69) is 4.98 Å². The summed E-state index contributed by atoms with van der Waals surface area (Å²) in [6.45, 7) is 3.96. The number of ether oxygens (including phenoxy) is 1. The van der Waals surface area contributed by atoms with Crippen molar-refractivity contribution < 1.29 is 17.9 Å². The molecular formula is C19H19NO4S. The van der Waals surface area contributed by atoms with Crippen LogP contribution in [0.25, 0.3) is 5.57 Å². The largest absolute Gasteiger partial charge is 0.453 e. The monoisotopic (exact) mass is 357 g/mol. The van der Waals surface area contributed by atoms with Crippen molar-refractivity contribution in [1.29, 1.82) is 0 Å². The molecule has 1 aliphatic carbocycles. The highest BCUT2D eigenvalue weighted by atomic mass is 32.2. The molecule has 0 bridgehead atoms. The minimum absolute atomic E-state index is 0.0657. The number of allylic oxidation sites excluding steroid dienone is 2. The van der Waals surface area contributed by atoms with Crippen LogP contribution in [0.1, 0.15) is 25.8 Å². The molecular weight excluding hydrogens is 338 g/mol. The molecule has 0 fully saturated rings. The molecule has 0 saturated heterocycles. The molecule has 1 aromatic carbocycles. The van der Waals surface area contributed by atoms with E-state index in [0.717, 1.165) is 11.1 Å². The summed E-state index contributed by atoms with van der Waals surface area (Å²) in [6.07, 6.45) is 4.71. The highest BCUT2D eigenvalue weighted by molar-refractivity contribution is 7.90. The molecule has 0 amide bonds. The Kier molecular flexibility index (Phi) is 4.24. The average Bonchev–Trinajstić information content (AvgIpc) is 2.76. The van der Waals surface area contributed by atoms with Crippen molar-refractivity contribution in [2.45, 2.75) is 25.2 Å². The van der Waals surface area contributed by atoms with Gasteiger partial charge in [0.25, 0.3) is 0 Å². The van der Waals surface area contributed by atoms with Crippen molar-refractivity contribution in [3.63, 3.8) is 0 Å². The number of nitrogens with zero attached hydrogens (tertiary/aromatic N) is 1. The van der Waals surface area contributed by atoms with Crippen LogP contribution in [-0.4, -0.2) is 25.4 Å². The second kappa shape index (κ2) is 6.11. The molecule has 2 aromatic rings. The molecule has 0 aliphatic heterocycles. The van der Waals surface area contributed by atoms with Gasteiger partial charge in [-0.1, -0.05) is 26.0 Å². The van der Waals surface area contributed by atoms with Crippen molar-refractivity contribution in [1.82, 2.24) is 4.98 Å². The molecule has 6 heteroatoms. The lowest BCUT2D eigenvalue weighted by Gasteiger charge is -2.22. The standard InChI is InChI=1S/C19H19NO4S/c1-19(2)12-16(21)18(24-14-8-10-20-11-9-14)17(19)13-4-6-15(7-5-13)25(3,22)23/h4-11H,12H2,1-3H3. The fourth-order valence-electron chi connectivity index (χ4n) is 3.04. The van der Waals surface area contributed by atoms with E-state index in [1.807, 2.05) is 13.8 Å². The Bertz CT molecular complexity index is 943. The molecule has 0 radical (unpaired) electrons. The fourth-order valence-corrected chi connectivity index (χ4v) is 3.67. The minimum atomic E-state index is -3.27. The van der Waals surface area contributed by atoms with Gasteiger partial charge in [-0.05, 0) is 29.8 Å². The van der Waals surface area contributed by atoms with Gasteiger partial charge in [-0.2, -0.15) is 0 Å². The normalized spacial score (nSPS) is 17.0. The lowest BCUT2D eigenvalue weighted by atomic mass is 9.82. The van der Waals surface area contributed by atoms with E-state index in [0.29, 0.717) is 17.9 Å². The van der Waals surface area contributed by atoms with Crippen LogP contribution in [0.2, 0.25) is 0 Å². The summed E-state index contributed by atoms with van der Waals surface area (Å²) in [4.78, 5) is 16.7. The number of sulfone groups is 1. The maximum absolute atomic E-state index is 12.5. The number of ketones is 1. The first kappa shape index (κ1) is 17.4. The quantitative estimate of drug-likeness (QED) is 0.840. The van der Waals surface area contributed by atoms with Gasteiger partial charge < -0.3 is 4.74 Å². The number of pyridine rings is 1. The van der Waals surface area contributed by atoms with E-state index in [-0.39, 0.29) is 10.7 Å². The Morgan fingerprint density at radius 2 is 1.64 bits per heavy atom. The summed E-state index contributed by atoms with van der Waals surface area (Å²) in [5.74, 6) is 0.786. The summed E-state index contributed by atoms with van der Waals surface area (Å²) < 4.78 is 29.2.